The zero-order valence-electron chi connectivity index (χ0n) is 9.69. The molecule has 0 bridgehead atoms. The van der Waals surface area contributed by atoms with Crippen molar-refractivity contribution >= 4 is 5.91 Å². The summed E-state index contributed by atoms with van der Waals surface area (Å²) in [4.78, 5) is 10.9. The van der Waals surface area contributed by atoms with E-state index in [9.17, 15) is 9.90 Å². The van der Waals surface area contributed by atoms with Gasteiger partial charge in [0.1, 0.15) is 5.75 Å². The van der Waals surface area contributed by atoms with Gasteiger partial charge in [0.05, 0.1) is 6.42 Å². The van der Waals surface area contributed by atoms with E-state index in [0.29, 0.717) is 11.7 Å². The Balaban J connectivity index is 2.21. The lowest BCUT2D eigenvalue weighted by Crippen LogP contribution is -2.16. The van der Waals surface area contributed by atoms with Crippen molar-refractivity contribution in [2.24, 2.45) is 5.73 Å². The molecule has 3 N–H and O–H groups in total. The minimum atomic E-state index is -0.353. The van der Waals surface area contributed by atoms with Crippen LogP contribution in [0.4, 0.5) is 0 Å². The number of carbonyl (C=O) groups excluding carboxylic acids is 1. The summed E-state index contributed by atoms with van der Waals surface area (Å²) in [6.45, 7) is 1.45. The number of primary amides is 1. The van der Waals surface area contributed by atoms with Crippen LogP contribution in [0.15, 0.2) is 18.2 Å². The van der Waals surface area contributed by atoms with E-state index in [1.807, 2.05) is 6.07 Å². The van der Waals surface area contributed by atoms with Crippen molar-refractivity contribution in [1.29, 1.82) is 0 Å². The summed E-state index contributed by atoms with van der Waals surface area (Å²) in [5, 5.41) is 9.86. The van der Waals surface area contributed by atoms with Crippen LogP contribution in [0, 0.1) is 0 Å². The van der Waals surface area contributed by atoms with Crippen LogP contribution in [-0.4, -0.2) is 24.2 Å². The lowest BCUT2D eigenvalue weighted by Gasteiger charge is -2.23. The summed E-state index contributed by atoms with van der Waals surface area (Å²) in [5.41, 5.74) is 6.94. The molecule has 1 fully saturated rings. The van der Waals surface area contributed by atoms with Crippen LogP contribution in [0.2, 0.25) is 0 Å². The Bertz CT molecular complexity index is 411. The number of benzene rings is 1. The Hall–Kier alpha value is -1.55. The molecular weight excluding hydrogens is 218 g/mol. The van der Waals surface area contributed by atoms with E-state index >= 15 is 0 Å². The first-order valence-electron chi connectivity index (χ1n) is 5.84. The molecule has 4 nitrogen and oxygen atoms in total. The SMILES string of the molecule is NC(=O)Cc1ccc(O)c(C2CCOCC2)c1. The van der Waals surface area contributed by atoms with Crippen molar-refractivity contribution < 1.29 is 14.6 Å². The molecule has 0 unspecified atom stereocenters. The summed E-state index contributed by atoms with van der Waals surface area (Å²) in [7, 11) is 0. The molecule has 1 saturated heterocycles. The highest BCUT2D eigenvalue weighted by Gasteiger charge is 2.19. The Morgan fingerprint density at radius 1 is 1.41 bits per heavy atom. The van der Waals surface area contributed by atoms with E-state index in [1.165, 1.54) is 0 Å². The van der Waals surface area contributed by atoms with E-state index in [1.54, 1.807) is 12.1 Å². The molecule has 0 atom stereocenters. The highest BCUT2D eigenvalue weighted by molar-refractivity contribution is 5.76. The molecule has 1 aliphatic heterocycles. The topological polar surface area (TPSA) is 72.6 Å². The second-order valence-electron chi connectivity index (χ2n) is 4.42. The second-order valence-corrected chi connectivity index (χ2v) is 4.42. The average molecular weight is 235 g/mol. The van der Waals surface area contributed by atoms with Gasteiger partial charge in [0.15, 0.2) is 0 Å². The second kappa shape index (κ2) is 5.19. The maximum Gasteiger partial charge on any atom is 0.221 e. The fraction of sp³-hybridized carbons (Fsp3) is 0.462. The van der Waals surface area contributed by atoms with E-state index in [4.69, 9.17) is 10.5 Å². The van der Waals surface area contributed by atoms with Gasteiger partial charge in [-0.1, -0.05) is 12.1 Å². The summed E-state index contributed by atoms with van der Waals surface area (Å²) < 4.78 is 5.30. The third-order valence-corrected chi connectivity index (χ3v) is 3.13. The van der Waals surface area contributed by atoms with Crippen LogP contribution in [-0.2, 0) is 16.0 Å². The van der Waals surface area contributed by atoms with Crippen molar-refractivity contribution in [3.05, 3.63) is 29.3 Å². The molecule has 1 amide bonds. The molecule has 92 valence electrons. The Morgan fingerprint density at radius 3 is 2.76 bits per heavy atom. The van der Waals surface area contributed by atoms with E-state index in [0.717, 1.165) is 37.2 Å². The van der Waals surface area contributed by atoms with E-state index in [2.05, 4.69) is 0 Å². The Morgan fingerprint density at radius 2 is 2.12 bits per heavy atom. The van der Waals surface area contributed by atoms with Gasteiger partial charge < -0.3 is 15.6 Å². The third kappa shape index (κ3) is 2.97. The van der Waals surface area contributed by atoms with E-state index in [-0.39, 0.29) is 12.3 Å². The molecule has 0 aliphatic carbocycles. The van der Waals surface area contributed by atoms with Gasteiger partial charge in [0.25, 0.3) is 0 Å². The van der Waals surface area contributed by atoms with Crippen molar-refractivity contribution in [2.75, 3.05) is 13.2 Å². The quantitative estimate of drug-likeness (QED) is 0.829. The number of aromatic hydroxyl groups is 1. The molecule has 17 heavy (non-hydrogen) atoms. The van der Waals surface area contributed by atoms with Crippen molar-refractivity contribution in [2.45, 2.75) is 25.2 Å². The molecule has 1 aliphatic rings. The smallest absolute Gasteiger partial charge is 0.221 e. The molecule has 4 heteroatoms. The summed E-state index contributed by atoms with van der Waals surface area (Å²) in [6, 6.07) is 5.27. The summed E-state index contributed by atoms with van der Waals surface area (Å²) in [6.07, 6.45) is 2.04. The van der Waals surface area contributed by atoms with Gasteiger partial charge in [0.2, 0.25) is 5.91 Å². The zero-order valence-corrected chi connectivity index (χ0v) is 9.69. The molecule has 1 heterocycles. The molecular formula is C13H17NO3. The fourth-order valence-corrected chi connectivity index (χ4v) is 2.25. The highest BCUT2D eigenvalue weighted by Crippen LogP contribution is 2.33. The average Bonchev–Trinajstić information content (AvgIpc) is 2.32. The molecule has 0 spiro atoms. The summed E-state index contributed by atoms with van der Waals surface area (Å²) >= 11 is 0. The number of hydrogen-bond acceptors (Lipinski definition) is 3. The van der Waals surface area contributed by atoms with Crippen LogP contribution in [0.5, 0.6) is 5.75 Å². The van der Waals surface area contributed by atoms with Crippen LogP contribution in [0.3, 0.4) is 0 Å². The fourth-order valence-electron chi connectivity index (χ4n) is 2.25. The van der Waals surface area contributed by atoms with Gasteiger partial charge in [-0.2, -0.15) is 0 Å². The van der Waals surface area contributed by atoms with Gasteiger partial charge in [0, 0.05) is 13.2 Å². The normalized spacial score (nSPS) is 16.9. The number of hydrogen-bond donors (Lipinski definition) is 2. The lowest BCUT2D eigenvalue weighted by molar-refractivity contribution is -0.117. The Labute approximate surface area is 100 Å². The first-order valence-corrected chi connectivity index (χ1v) is 5.84. The minimum Gasteiger partial charge on any atom is -0.508 e. The highest BCUT2D eigenvalue weighted by atomic mass is 16.5. The molecule has 2 rings (SSSR count). The van der Waals surface area contributed by atoms with Gasteiger partial charge in [-0.3, -0.25) is 4.79 Å². The number of nitrogens with two attached hydrogens (primary N) is 1. The zero-order chi connectivity index (χ0) is 12.3. The lowest BCUT2D eigenvalue weighted by atomic mass is 9.89. The maximum absolute atomic E-state index is 10.9. The number of ether oxygens (including phenoxy) is 1. The van der Waals surface area contributed by atoms with Gasteiger partial charge in [-0.25, -0.2) is 0 Å². The van der Waals surface area contributed by atoms with Crippen LogP contribution in [0.1, 0.15) is 29.9 Å². The predicted molar refractivity (Wildman–Crippen MR) is 63.8 cm³/mol. The monoisotopic (exact) mass is 235 g/mol. The largest absolute Gasteiger partial charge is 0.508 e. The summed E-state index contributed by atoms with van der Waals surface area (Å²) in [5.74, 6) is 0.260. The maximum atomic E-state index is 10.9. The number of rotatable bonds is 3. The molecule has 1 aromatic carbocycles. The van der Waals surface area contributed by atoms with Gasteiger partial charge in [-0.05, 0) is 36.0 Å². The first-order chi connectivity index (χ1) is 8.16. The molecule has 1 aromatic rings. The number of amides is 1. The first kappa shape index (κ1) is 11.9. The minimum absolute atomic E-state index is 0.219. The van der Waals surface area contributed by atoms with Gasteiger partial charge in [-0.15, -0.1) is 0 Å². The van der Waals surface area contributed by atoms with Crippen LogP contribution < -0.4 is 5.73 Å². The number of phenolic OH excluding ortho intramolecular Hbond substituents is 1. The Kier molecular flexibility index (Phi) is 3.64. The predicted octanol–water partition coefficient (Wildman–Crippen LogP) is 1.31. The van der Waals surface area contributed by atoms with E-state index < -0.39 is 0 Å². The van der Waals surface area contributed by atoms with Crippen molar-refractivity contribution in [1.82, 2.24) is 0 Å². The van der Waals surface area contributed by atoms with Crippen molar-refractivity contribution in [3.8, 4) is 5.75 Å². The van der Waals surface area contributed by atoms with Gasteiger partial charge >= 0.3 is 0 Å². The number of phenols is 1. The van der Waals surface area contributed by atoms with Crippen LogP contribution >= 0.6 is 0 Å². The van der Waals surface area contributed by atoms with Crippen molar-refractivity contribution in [3.63, 3.8) is 0 Å². The third-order valence-electron chi connectivity index (χ3n) is 3.13. The molecule has 0 saturated carbocycles. The van der Waals surface area contributed by atoms with Crippen LogP contribution in [0.25, 0.3) is 0 Å². The standard InChI is InChI=1S/C13H17NO3/c14-13(16)8-9-1-2-12(15)11(7-9)10-3-5-17-6-4-10/h1-2,7,10,15H,3-6,8H2,(H2,14,16). The molecule has 0 radical (unpaired) electrons. The molecule has 0 aromatic heterocycles. The number of carbonyl (C=O) groups is 1.